The van der Waals surface area contributed by atoms with Crippen LogP contribution in [0.1, 0.15) is 44.6 Å². The van der Waals surface area contributed by atoms with Crippen LogP contribution in [0.4, 0.5) is 0 Å². The van der Waals surface area contributed by atoms with Crippen LogP contribution in [-0.4, -0.2) is 17.2 Å². The van der Waals surface area contributed by atoms with Gasteiger partial charge < -0.3 is 9.84 Å². The number of aliphatic hydroxyl groups is 1. The molecular formula is C15H22O3. The van der Waals surface area contributed by atoms with E-state index in [-0.39, 0.29) is 18.5 Å². The molecular weight excluding hydrogens is 228 g/mol. The van der Waals surface area contributed by atoms with Crippen molar-refractivity contribution in [2.75, 3.05) is 0 Å². The molecule has 1 unspecified atom stereocenters. The number of ether oxygens (including phenoxy) is 1. The fourth-order valence-electron chi connectivity index (χ4n) is 1.68. The molecule has 0 fully saturated rings. The van der Waals surface area contributed by atoms with Gasteiger partial charge >= 0.3 is 5.97 Å². The lowest BCUT2D eigenvalue weighted by atomic mass is 10.1. The Morgan fingerprint density at radius 1 is 1.28 bits per heavy atom. The van der Waals surface area contributed by atoms with Gasteiger partial charge in [0.1, 0.15) is 6.61 Å². The number of hydrogen-bond donors (Lipinski definition) is 1. The number of carbonyl (C=O) groups is 1. The third kappa shape index (κ3) is 6.40. The SMILES string of the molecule is CCCCC(O)CCC(=O)OCc1ccccc1. The van der Waals surface area contributed by atoms with E-state index in [0.29, 0.717) is 13.0 Å². The molecule has 0 aromatic heterocycles. The van der Waals surface area contributed by atoms with E-state index in [1.165, 1.54) is 0 Å². The summed E-state index contributed by atoms with van der Waals surface area (Å²) in [7, 11) is 0. The highest BCUT2D eigenvalue weighted by Gasteiger charge is 2.08. The molecule has 0 aliphatic heterocycles. The third-order valence-corrected chi connectivity index (χ3v) is 2.82. The Hall–Kier alpha value is -1.35. The Balaban J connectivity index is 2.14. The smallest absolute Gasteiger partial charge is 0.306 e. The monoisotopic (exact) mass is 250 g/mol. The lowest BCUT2D eigenvalue weighted by molar-refractivity contribution is -0.145. The standard InChI is InChI=1S/C15H22O3/c1-2-3-9-14(16)10-11-15(17)18-12-13-7-5-4-6-8-13/h4-8,14,16H,2-3,9-12H2,1H3. The van der Waals surface area contributed by atoms with Gasteiger partial charge in [0.25, 0.3) is 0 Å². The van der Waals surface area contributed by atoms with E-state index in [2.05, 4.69) is 6.92 Å². The molecule has 100 valence electrons. The molecule has 0 bridgehead atoms. The molecule has 18 heavy (non-hydrogen) atoms. The minimum absolute atomic E-state index is 0.241. The molecule has 0 saturated heterocycles. The first-order valence-electron chi connectivity index (χ1n) is 6.60. The van der Waals surface area contributed by atoms with Gasteiger partial charge in [-0.25, -0.2) is 0 Å². The minimum Gasteiger partial charge on any atom is -0.461 e. The van der Waals surface area contributed by atoms with Gasteiger partial charge in [-0.3, -0.25) is 4.79 Å². The quantitative estimate of drug-likeness (QED) is 0.721. The van der Waals surface area contributed by atoms with Crippen molar-refractivity contribution in [3.63, 3.8) is 0 Å². The van der Waals surface area contributed by atoms with Crippen molar-refractivity contribution in [2.45, 2.75) is 51.7 Å². The summed E-state index contributed by atoms with van der Waals surface area (Å²) in [5, 5.41) is 9.61. The van der Waals surface area contributed by atoms with E-state index in [1.54, 1.807) is 0 Å². The zero-order valence-electron chi connectivity index (χ0n) is 11.0. The van der Waals surface area contributed by atoms with E-state index < -0.39 is 0 Å². The number of rotatable bonds is 8. The molecule has 0 aliphatic rings. The number of hydrogen-bond acceptors (Lipinski definition) is 3. The van der Waals surface area contributed by atoms with Gasteiger partial charge in [-0.2, -0.15) is 0 Å². The maximum absolute atomic E-state index is 11.5. The summed E-state index contributed by atoms with van der Waals surface area (Å²) < 4.78 is 5.13. The summed E-state index contributed by atoms with van der Waals surface area (Å²) in [6, 6.07) is 9.59. The highest BCUT2D eigenvalue weighted by Crippen LogP contribution is 2.08. The summed E-state index contributed by atoms with van der Waals surface area (Å²) in [6.45, 7) is 2.39. The fourth-order valence-corrected chi connectivity index (χ4v) is 1.68. The molecule has 1 aromatic carbocycles. The second-order valence-electron chi connectivity index (χ2n) is 4.48. The third-order valence-electron chi connectivity index (χ3n) is 2.82. The zero-order chi connectivity index (χ0) is 13.2. The van der Waals surface area contributed by atoms with Crippen LogP contribution in [0.2, 0.25) is 0 Å². The minimum atomic E-state index is -0.380. The Morgan fingerprint density at radius 3 is 2.67 bits per heavy atom. The molecule has 1 rings (SSSR count). The fraction of sp³-hybridized carbons (Fsp3) is 0.533. The molecule has 0 amide bonds. The van der Waals surface area contributed by atoms with Crippen LogP contribution in [0.5, 0.6) is 0 Å². The molecule has 0 spiro atoms. The lowest BCUT2D eigenvalue weighted by Gasteiger charge is -2.09. The lowest BCUT2D eigenvalue weighted by Crippen LogP contribution is -2.11. The summed E-state index contributed by atoms with van der Waals surface area (Å²) in [6.07, 6.45) is 3.23. The summed E-state index contributed by atoms with van der Waals surface area (Å²) >= 11 is 0. The van der Waals surface area contributed by atoms with Crippen molar-refractivity contribution in [1.82, 2.24) is 0 Å². The van der Waals surface area contributed by atoms with E-state index >= 15 is 0 Å². The molecule has 3 heteroatoms. The van der Waals surface area contributed by atoms with Gasteiger partial charge in [0.05, 0.1) is 6.10 Å². The van der Waals surface area contributed by atoms with Crippen molar-refractivity contribution in [2.24, 2.45) is 0 Å². The van der Waals surface area contributed by atoms with Gasteiger partial charge in [0, 0.05) is 6.42 Å². The average molecular weight is 250 g/mol. The van der Waals surface area contributed by atoms with Crippen LogP contribution in [-0.2, 0) is 16.1 Å². The Kier molecular flexibility index (Phi) is 7.11. The van der Waals surface area contributed by atoms with Crippen molar-refractivity contribution in [1.29, 1.82) is 0 Å². The molecule has 1 aromatic rings. The molecule has 1 atom stereocenters. The van der Waals surface area contributed by atoms with Crippen LogP contribution in [0.15, 0.2) is 30.3 Å². The van der Waals surface area contributed by atoms with Gasteiger partial charge in [-0.15, -0.1) is 0 Å². The largest absolute Gasteiger partial charge is 0.461 e. The van der Waals surface area contributed by atoms with Gasteiger partial charge in [0.2, 0.25) is 0 Å². The normalized spacial score (nSPS) is 12.1. The maximum Gasteiger partial charge on any atom is 0.306 e. The predicted molar refractivity (Wildman–Crippen MR) is 71.0 cm³/mol. The number of unbranched alkanes of at least 4 members (excludes halogenated alkanes) is 1. The van der Waals surface area contributed by atoms with Gasteiger partial charge in [0.15, 0.2) is 0 Å². The van der Waals surface area contributed by atoms with Crippen molar-refractivity contribution >= 4 is 5.97 Å². The van der Waals surface area contributed by atoms with E-state index in [4.69, 9.17) is 4.74 Å². The molecule has 3 nitrogen and oxygen atoms in total. The predicted octanol–water partition coefficient (Wildman–Crippen LogP) is 3.06. The molecule has 0 saturated carbocycles. The maximum atomic E-state index is 11.5. The van der Waals surface area contributed by atoms with Crippen molar-refractivity contribution < 1.29 is 14.6 Å². The molecule has 0 aliphatic carbocycles. The average Bonchev–Trinajstić information content (AvgIpc) is 2.41. The van der Waals surface area contributed by atoms with Crippen LogP contribution < -0.4 is 0 Å². The number of aliphatic hydroxyl groups excluding tert-OH is 1. The number of carbonyl (C=O) groups excluding carboxylic acids is 1. The summed E-state index contributed by atoms with van der Waals surface area (Å²) in [5.41, 5.74) is 0.984. The summed E-state index contributed by atoms with van der Waals surface area (Å²) in [5.74, 6) is -0.241. The highest BCUT2D eigenvalue weighted by atomic mass is 16.5. The molecule has 1 N–H and O–H groups in total. The first kappa shape index (κ1) is 14.7. The van der Waals surface area contributed by atoms with Crippen molar-refractivity contribution in [3.8, 4) is 0 Å². The van der Waals surface area contributed by atoms with Crippen LogP contribution in [0, 0.1) is 0 Å². The second kappa shape index (κ2) is 8.70. The Bertz CT molecular complexity index is 335. The summed E-state index contributed by atoms with van der Waals surface area (Å²) in [4.78, 5) is 11.5. The first-order valence-corrected chi connectivity index (χ1v) is 6.60. The highest BCUT2D eigenvalue weighted by molar-refractivity contribution is 5.69. The van der Waals surface area contributed by atoms with Crippen LogP contribution >= 0.6 is 0 Å². The van der Waals surface area contributed by atoms with E-state index in [1.807, 2.05) is 30.3 Å². The Labute approximate surface area is 109 Å². The van der Waals surface area contributed by atoms with Crippen LogP contribution in [0.3, 0.4) is 0 Å². The first-order chi connectivity index (χ1) is 8.72. The second-order valence-corrected chi connectivity index (χ2v) is 4.48. The van der Waals surface area contributed by atoms with E-state index in [0.717, 1.165) is 24.8 Å². The Morgan fingerprint density at radius 2 is 2.00 bits per heavy atom. The number of benzene rings is 1. The van der Waals surface area contributed by atoms with E-state index in [9.17, 15) is 9.90 Å². The number of esters is 1. The molecule has 0 radical (unpaired) electrons. The zero-order valence-corrected chi connectivity index (χ0v) is 11.0. The van der Waals surface area contributed by atoms with Crippen LogP contribution in [0.25, 0.3) is 0 Å². The molecule has 0 heterocycles. The topological polar surface area (TPSA) is 46.5 Å². The van der Waals surface area contributed by atoms with Gasteiger partial charge in [-0.05, 0) is 18.4 Å². The van der Waals surface area contributed by atoms with Gasteiger partial charge in [-0.1, -0.05) is 50.1 Å². The van der Waals surface area contributed by atoms with Crippen molar-refractivity contribution in [3.05, 3.63) is 35.9 Å².